The molecule has 1 aliphatic rings. The Kier molecular flexibility index (Phi) is 5.68. The van der Waals surface area contributed by atoms with Gasteiger partial charge in [-0.3, -0.25) is 14.7 Å². The van der Waals surface area contributed by atoms with E-state index in [9.17, 15) is 9.59 Å². The highest BCUT2D eigenvalue weighted by molar-refractivity contribution is 7.99. The van der Waals surface area contributed by atoms with Crippen molar-refractivity contribution in [3.05, 3.63) is 45.8 Å². The zero-order valence-electron chi connectivity index (χ0n) is 15.9. The molecule has 4 rings (SSSR count). The summed E-state index contributed by atoms with van der Waals surface area (Å²) < 4.78 is 0. The molecule has 4 N–H and O–H groups in total. The van der Waals surface area contributed by atoms with E-state index in [-0.39, 0.29) is 11.7 Å². The maximum absolute atomic E-state index is 12.4. The lowest BCUT2D eigenvalue weighted by molar-refractivity contribution is -0.113. The van der Waals surface area contributed by atoms with E-state index in [1.165, 1.54) is 28.7 Å². The quantitative estimate of drug-likeness (QED) is 0.500. The number of nitrogens with two attached hydrogens (primary N) is 1. The third kappa shape index (κ3) is 4.20. The zero-order valence-corrected chi connectivity index (χ0v) is 17.6. The number of carbonyl (C=O) groups is 2. The molecular weight excluding hydrogens is 406 g/mol. The molecular formula is C20H21N5O2S2. The number of thiophene rings is 1. The molecule has 0 spiro atoms. The lowest BCUT2D eigenvalue weighted by Gasteiger charge is -2.05. The van der Waals surface area contributed by atoms with Gasteiger partial charge >= 0.3 is 0 Å². The Balaban J connectivity index is 1.38. The van der Waals surface area contributed by atoms with Gasteiger partial charge in [-0.2, -0.15) is 0 Å². The van der Waals surface area contributed by atoms with Gasteiger partial charge in [-0.1, -0.05) is 43.0 Å². The zero-order chi connectivity index (χ0) is 20.4. The van der Waals surface area contributed by atoms with Gasteiger partial charge < -0.3 is 11.1 Å². The molecule has 3 aromatic rings. The number of hydrogen-bond donors (Lipinski definition) is 3. The van der Waals surface area contributed by atoms with E-state index in [4.69, 9.17) is 5.73 Å². The van der Waals surface area contributed by atoms with Crippen LogP contribution < -0.4 is 11.1 Å². The maximum Gasteiger partial charge on any atom is 0.251 e. The van der Waals surface area contributed by atoms with Gasteiger partial charge in [-0.15, -0.1) is 16.4 Å². The highest BCUT2D eigenvalue weighted by Gasteiger charge is 2.26. The van der Waals surface area contributed by atoms with Gasteiger partial charge in [0.05, 0.1) is 11.3 Å². The average Bonchev–Trinajstić information content (AvgIpc) is 3.42. The van der Waals surface area contributed by atoms with Crippen molar-refractivity contribution in [3.63, 3.8) is 0 Å². The SMILES string of the molecule is CCc1ccc(-c2nc(SCC(=O)Nc3sc4c(c3C(N)=O)CCC4)n[nH]2)cc1. The third-order valence-electron chi connectivity index (χ3n) is 4.85. The predicted octanol–water partition coefficient (Wildman–Crippen LogP) is 3.41. The molecule has 0 radical (unpaired) electrons. The fourth-order valence-electron chi connectivity index (χ4n) is 3.38. The number of aryl methyl sites for hydroxylation is 2. The Hall–Kier alpha value is -2.65. The standard InChI is InChI=1S/C20H21N5O2S2/c1-2-11-6-8-12(9-7-11)18-23-20(25-24-18)28-10-15(26)22-19-16(17(21)27)13-4-3-5-14(13)29-19/h6-9H,2-5,10H2,1H3,(H2,21,27)(H,22,26)(H,23,24,25). The molecule has 0 bridgehead atoms. The molecule has 1 aromatic carbocycles. The van der Waals surface area contributed by atoms with E-state index >= 15 is 0 Å². The molecule has 2 heterocycles. The Morgan fingerprint density at radius 2 is 2.07 bits per heavy atom. The lowest BCUT2D eigenvalue weighted by Crippen LogP contribution is -2.18. The molecule has 2 aromatic heterocycles. The molecule has 0 atom stereocenters. The number of benzene rings is 1. The van der Waals surface area contributed by atoms with Crippen LogP contribution in [0.1, 0.15) is 39.7 Å². The molecule has 0 fully saturated rings. The number of carbonyl (C=O) groups excluding carboxylic acids is 2. The summed E-state index contributed by atoms with van der Waals surface area (Å²) in [5.41, 5.74) is 9.21. The number of rotatable bonds is 7. The number of hydrogen-bond acceptors (Lipinski definition) is 6. The molecule has 0 saturated carbocycles. The first-order valence-electron chi connectivity index (χ1n) is 9.44. The molecule has 9 heteroatoms. The minimum atomic E-state index is -0.486. The van der Waals surface area contributed by atoms with Gasteiger partial charge in [0.25, 0.3) is 5.91 Å². The molecule has 0 unspecified atom stereocenters. The first-order chi connectivity index (χ1) is 14.0. The Bertz CT molecular complexity index is 1060. The van der Waals surface area contributed by atoms with E-state index in [1.54, 1.807) is 0 Å². The molecule has 7 nitrogen and oxygen atoms in total. The third-order valence-corrected chi connectivity index (χ3v) is 6.91. The number of H-pyrrole nitrogens is 1. The number of nitrogens with zero attached hydrogens (tertiary/aromatic N) is 2. The summed E-state index contributed by atoms with van der Waals surface area (Å²) in [5.74, 6) is 0.115. The van der Waals surface area contributed by atoms with Crippen LogP contribution in [0.4, 0.5) is 5.00 Å². The van der Waals surface area contributed by atoms with Crippen LogP contribution in [0.3, 0.4) is 0 Å². The second kappa shape index (κ2) is 8.38. The second-order valence-corrected chi connectivity index (χ2v) is 8.83. The van der Waals surface area contributed by atoms with Crippen LogP contribution in [-0.4, -0.2) is 32.7 Å². The highest BCUT2D eigenvalue weighted by Crippen LogP contribution is 2.38. The predicted molar refractivity (Wildman–Crippen MR) is 115 cm³/mol. The van der Waals surface area contributed by atoms with Crippen LogP contribution in [0.15, 0.2) is 29.4 Å². The number of fused-ring (bicyclic) bond motifs is 1. The van der Waals surface area contributed by atoms with Crippen molar-refractivity contribution in [1.82, 2.24) is 15.2 Å². The fourth-order valence-corrected chi connectivity index (χ4v) is 5.29. The number of nitrogens with one attached hydrogen (secondary N) is 2. The number of aromatic amines is 1. The number of aromatic nitrogens is 3. The summed E-state index contributed by atoms with van der Waals surface area (Å²) in [6.45, 7) is 2.11. The average molecular weight is 428 g/mol. The Labute approximate surface area is 176 Å². The van der Waals surface area contributed by atoms with Crippen molar-refractivity contribution >= 4 is 39.9 Å². The van der Waals surface area contributed by atoms with Crippen LogP contribution in [0, 0.1) is 0 Å². The summed E-state index contributed by atoms with van der Waals surface area (Å²) in [7, 11) is 0. The molecule has 29 heavy (non-hydrogen) atoms. The monoisotopic (exact) mass is 427 g/mol. The van der Waals surface area contributed by atoms with Crippen LogP contribution in [-0.2, 0) is 24.1 Å². The van der Waals surface area contributed by atoms with Crippen LogP contribution in [0.2, 0.25) is 0 Å². The van der Waals surface area contributed by atoms with Crippen molar-refractivity contribution in [2.24, 2.45) is 5.73 Å². The highest BCUT2D eigenvalue weighted by atomic mass is 32.2. The van der Waals surface area contributed by atoms with Crippen LogP contribution in [0.25, 0.3) is 11.4 Å². The summed E-state index contributed by atoms with van der Waals surface area (Å²) in [6, 6.07) is 8.13. The molecule has 1 aliphatic carbocycles. The minimum Gasteiger partial charge on any atom is -0.365 e. The normalized spacial score (nSPS) is 12.7. The molecule has 150 valence electrons. The van der Waals surface area contributed by atoms with E-state index in [2.05, 4.69) is 39.6 Å². The molecule has 2 amide bonds. The van der Waals surface area contributed by atoms with Crippen LogP contribution in [0.5, 0.6) is 0 Å². The summed E-state index contributed by atoms with van der Waals surface area (Å²) in [6.07, 6.45) is 3.79. The maximum atomic E-state index is 12.4. The summed E-state index contributed by atoms with van der Waals surface area (Å²) in [4.78, 5) is 29.8. The minimum absolute atomic E-state index is 0.146. The summed E-state index contributed by atoms with van der Waals surface area (Å²) in [5, 5.41) is 11.0. The van der Waals surface area contributed by atoms with Crippen molar-refractivity contribution in [2.45, 2.75) is 37.8 Å². The Morgan fingerprint density at radius 3 is 2.79 bits per heavy atom. The van der Waals surface area contributed by atoms with Crippen molar-refractivity contribution in [2.75, 3.05) is 11.1 Å². The fraction of sp³-hybridized carbons (Fsp3) is 0.300. The first kappa shape index (κ1) is 19.7. The topological polar surface area (TPSA) is 114 Å². The molecule has 0 saturated heterocycles. The van der Waals surface area contributed by atoms with Gasteiger partial charge in [-0.25, -0.2) is 4.98 Å². The van der Waals surface area contributed by atoms with Crippen molar-refractivity contribution in [1.29, 1.82) is 0 Å². The van der Waals surface area contributed by atoms with Gasteiger partial charge in [0, 0.05) is 10.4 Å². The Morgan fingerprint density at radius 1 is 1.28 bits per heavy atom. The van der Waals surface area contributed by atoms with Gasteiger partial charge in [0.15, 0.2) is 5.82 Å². The number of anilines is 1. The van der Waals surface area contributed by atoms with Gasteiger partial charge in [-0.05, 0) is 36.8 Å². The lowest BCUT2D eigenvalue weighted by atomic mass is 10.1. The van der Waals surface area contributed by atoms with E-state index in [0.29, 0.717) is 21.5 Å². The van der Waals surface area contributed by atoms with Crippen molar-refractivity contribution in [3.8, 4) is 11.4 Å². The van der Waals surface area contributed by atoms with E-state index in [1.807, 2.05) is 12.1 Å². The summed E-state index contributed by atoms with van der Waals surface area (Å²) >= 11 is 2.69. The van der Waals surface area contributed by atoms with E-state index in [0.717, 1.165) is 41.7 Å². The largest absolute Gasteiger partial charge is 0.365 e. The van der Waals surface area contributed by atoms with Crippen molar-refractivity contribution < 1.29 is 9.59 Å². The number of amides is 2. The number of primary amides is 1. The van der Waals surface area contributed by atoms with Crippen LogP contribution >= 0.6 is 23.1 Å². The number of thioether (sulfide) groups is 1. The smallest absolute Gasteiger partial charge is 0.251 e. The van der Waals surface area contributed by atoms with Gasteiger partial charge in [0.2, 0.25) is 11.1 Å². The second-order valence-electron chi connectivity index (χ2n) is 6.78. The molecule has 0 aliphatic heterocycles. The van der Waals surface area contributed by atoms with E-state index < -0.39 is 5.91 Å². The van der Waals surface area contributed by atoms with Gasteiger partial charge in [0.1, 0.15) is 5.00 Å². The first-order valence-corrected chi connectivity index (χ1v) is 11.2.